The van der Waals surface area contributed by atoms with Crippen molar-refractivity contribution in [1.82, 2.24) is 20.4 Å². The molecule has 4 rings (SSSR count). The van der Waals surface area contributed by atoms with E-state index in [9.17, 15) is 4.79 Å². The Morgan fingerprint density at radius 2 is 2.29 bits per heavy atom. The number of methoxy groups -OCH3 is 1. The van der Waals surface area contributed by atoms with Crippen LogP contribution in [0.4, 0.5) is 0 Å². The van der Waals surface area contributed by atoms with Crippen LogP contribution in [0.15, 0.2) is 34.9 Å². The van der Waals surface area contributed by atoms with Crippen LogP contribution in [0.5, 0.6) is 5.75 Å². The van der Waals surface area contributed by atoms with Gasteiger partial charge in [-0.2, -0.15) is 5.10 Å². The summed E-state index contributed by atoms with van der Waals surface area (Å²) < 4.78 is 13.2. The minimum absolute atomic E-state index is 0.201. The predicted octanol–water partition coefficient (Wildman–Crippen LogP) is 3.36. The van der Waals surface area contributed by atoms with Crippen LogP contribution in [0.3, 0.4) is 0 Å². The molecule has 2 N–H and O–H groups in total. The average molecular weight is 382 g/mol. The summed E-state index contributed by atoms with van der Waals surface area (Å²) in [6.45, 7) is 5.85. The SMILES string of the molecule is COc1ccc2oc(C(C)NC(=O)c3ccn(C4CCCNC4)n3)c(C)c2c1. The number of nitrogens with zero attached hydrogens (tertiary/aromatic N) is 2. The zero-order valence-corrected chi connectivity index (χ0v) is 16.5. The van der Waals surface area contributed by atoms with Crippen molar-refractivity contribution in [3.8, 4) is 5.75 Å². The number of hydrogen-bond acceptors (Lipinski definition) is 5. The van der Waals surface area contributed by atoms with Gasteiger partial charge >= 0.3 is 0 Å². The number of amides is 1. The van der Waals surface area contributed by atoms with Gasteiger partial charge in [-0.1, -0.05) is 0 Å². The molecule has 0 saturated carbocycles. The van der Waals surface area contributed by atoms with Crippen molar-refractivity contribution >= 4 is 16.9 Å². The van der Waals surface area contributed by atoms with E-state index in [1.807, 2.05) is 42.9 Å². The molecule has 7 heteroatoms. The van der Waals surface area contributed by atoms with Gasteiger partial charge < -0.3 is 19.8 Å². The van der Waals surface area contributed by atoms with Gasteiger partial charge in [0, 0.05) is 23.7 Å². The molecule has 1 aliphatic rings. The van der Waals surface area contributed by atoms with Gasteiger partial charge in [0.2, 0.25) is 0 Å². The van der Waals surface area contributed by atoms with E-state index in [-0.39, 0.29) is 11.9 Å². The molecule has 0 bridgehead atoms. The van der Waals surface area contributed by atoms with Crippen LogP contribution >= 0.6 is 0 Å². The lowest BCUT2D eigenvalue weighted by atomic mass is 10.1. The van der Waals surface area contributed by atoms with E-state index in [1.165, 1.54) is 0 Å². The molecule has 1 amide bonds. The standard InChI is InChI=1S/C21H26N4O3/c1-13-17-11-16(27-3)6-7-19(17)28-20(13)14(2)23-21(26)18-8-10-25(24-18)15-5-4-9-22-12-15/h6-8,10-11,14-15,22H,4-5,9,12H2,1-3H3,(H,23,26). The summed E-state index contributed by atoms with van der Waals surface area (Å²) in [5.41, 5.74) is 2.21. The van der Waals surface area contributed by atoms with Crippen LogP contribution in [0, 0.1) is 6.92 Å². The van der Waals surface area contributed by atoms with Gasteiger partial charge in [0.15, 0.2) is 0 Å². The molecule has 7 nitrogen and oxygen atoms in total. The lowest BCUT2D eigenvalue weighted by molar-refractivity contribution is 0.0929. The minimum atomic E-state index is -0.271. The van der Waals surface area contributed by atoms with Gasteiger partial charge in [0.05, 0.1) is 19.2 Å². The summed E-state index contributed by atoms with van der Waals surface area (Å²) in [5, 5.41) is 11.8. The fourth-order valence-electron chi connectivity index (χ4n) is 3.82. The molecule has 1 aromatic carbocycles. The summed E-state index contributed by atoms with van der Waals surface area (Å²) in [6.07, 6.45) is 4.09. The number of piperidine rings is 1. The van der Waals surface area contributed by atoms with Gasteiger partial charge in [-0.25, -0.2) is 0 Å². The number of fused-ring (bicyclic) bond motifs is 1. The van der Waals surface area contributed by atoms with E-state index >= 15 is 0 Å². The molecule has 2 atom stereocenters. The monoisotopic (exact) mass is 382 g/mol. The number of ether oxygens (including phenoxy) is 1. The summed E-state index contributed by atoms with van der Waals surface area (Å²) in [7, 11) is 1.64. The van der Waals surface area contributed by atoms with Crippen LogP contribution in [-0.2, 0) is 0 Å². The van der Waals surface area contributed by atoms with Gasteiger partial charge in [0.1, 0.15) is 22.8 Å². The highest BCUT2D eigenvalue weighted by Gasteiger charge is 2.22. The van der Waals surface area contributed by atoms with Gasteiger partial charge in [0.25, 0.3) is 5.91 Å². The average Bonchev–Trinajstić information content (AvgIpc) is 3.34. The molecule has 1 saturated heterocycles. The maximum Gasteiger partial charge on any atom is 0.272 e. The number of rotatable bonds is 5. The largest absolute Gasteiger partial charge is 0.497 e. The zero-order valence-electron chi connectivity index (χ0n) is 16.5. The molecule has 1 aliphatic heterocycles. The van der Waals surface area contributed by atoms with Crippen molar-refractivity contribution in [2.75, 3.05) is 20.2 Å². The number of aromatic nitrogens is 2. The highest BCUT2D eigenvalue weighted by Crippen LogP contribution is 2.32. The maximum atomic E-state index is 12.7. The summed E-state index contributed by atoms with van der Waals surface area (Å²) in [5.74, 6) is 1.32. The molecular weight excluding hydrogens is 356 g/mol. The molecule has 148 valence electrons. The summed E-state index contributed by atoms with van der Waals surface area (Å²) >= 11 is 0. The second kappa shape index (κ2) is 7.67. The van der Waals surface area contributed by atoms with Crippen molar-refractivity contribution < 1.29 is 13.9 Å². The van der Waals surface area contributed by atoms with Crippen molar-refractivity contribution in [1.29, 1.82) is 0 Å². The van der Waals surface area contributed by atoms with E-state index in [0.29, 0.717) is 11.7 Å². The Labute approximate surface area is 164 Å². The normalized spacial score (nSPS) is 18.2. The first kappa shape index (κ1) is 18.6. The van der Waals surface area contributed by atoms with Crippen LogP contribution in [0.1, 0.15) is 53.7 Å². The Morgan fingerprint density at radius 3 is 3.04 bits per heavy atom. The Bertz CT molecular complexity index is 985. The van der Waals surface area contributed by atoms with E-state index < -0.39 is 0 Å². The first-order valence-electron chi connectivity index (χ1n) is 9.70. The van der Waals surface area contributed by atoms with E-state index in [1.54, 1.807) is 13.2 Å². The lowest BCUT2D eigenvalue weighted by Crippen LogP contribution is -2.32. The lowest BCUT2D eigenvalue weighted by Gasteiger charge is -2.22. The number of carbonyl (C=O) groups is 1. The quantitative estimate of drug-likeness (QED) is 0.707. The van der Waals surface area contributed by atoms with Gasteiger partial charge in [-0.15, -0.1) is 0 Å². The maximum absolute atomic E-state index is 12.7. The molecule has 0 spiro atoms. The number of furan rings is 1. The van der Waals surface area contributed by atoms with Crippen molar-refractivity contribution in [2.24, 2.45) is 0 Å². The topological polar surface area (TPSA) is 81.3 Å². The number of hydrogen-bond donors (Lipinski definition) is 2. The molecular formula is C21H26N4O3. The molecule has 0 aliphatic carbocycles. The molecule has 28 heavy (non-hydrogen) atoms. The third-order valence-corrected chi connectivity index (χ3v) is 5.41. The van der Waals surface area contributed by atoms with Crippen molar-refractivity contribution in [2.45, 2.75) is 38.8 Å². The number of carbonyl (C=O) groups excluding carboxylic acids is 1. The second-order valence-electron chi connectivity index (χ2n) is 7.33. The third-order valence-electron chi connectivity index (χ3n) is 5.41. The van der Waals surface area contributed by atoms with Crippen molar-refractivity contribution in [3.05, 3.63) is 47.5 Å². The smallest absolute Gasteiger partial charge is 0.272 e. The van der Waals surface area contributed by atoms with E-state index in [2.05, 4.69) is 15.7 Å². The minimum Gasteiger partial charge on any atom is -0.497 e. The Balaban J connectivity index is 1.49. The highest BCUT2D eigenvalue weighted by molar-refractivity contribution is 5.92. The first-order chi connectivity index (χ1) is 13.6. The number of benzene rings is 1. The second-order valence-corrected chi connectivity index (χ2v) is 7.33. The summed E-state index contributed by atoms with van der Waals surface area (Å²) in [6, 6.07) is 7.51. The third kappa shape index (κ3) is 3.49. The fourth-order valence-corrected chi connectivity index (χ4v) is 3.82. The van der Waals surface area contributed by atoms with Crippen LogP contribution in [-0.4, -0.2) is 35.9 Å². The van der Waals surface area contributed by atoms with Crippen molar-refractivity contribution in [3.63, 3.8) is 0 Å². The molecule has 1 fully saturated rings. The predicted molar refractivity (Wildman–Crippen MR) is 107 cm³/mol. The van der Waals surface area contributed by atoms with Crippen LogP contribution in [0.2, 0.25) is 0 Å². The highest BCUT2D eigenvalue weighted by atomic mass is 16.5. The Hall–Kier alpha value is -2.80. The van der Waals surface area contributed by atoms with Crippen LogP contribution < -0.4 is 15.4 Å². The molecule has 3 heterocycles. The first-order valence-corrected chi connectivity index (χ1v) is 9.70. The molecule has 2 aromatic heterocycles. The Kier molecular flexibility index (Phi) is 5.09. The summed E-state index contributed by atoms with van der Waals surface area (Å²) in [4.78, 5) is 12.7. The van der Waals surface area contributed by atoms with Crippen LogP contribution in [0.25, 0.3) is 11.0 Å². The number of aryl methyl sites for hydroxylation is 1. The molecule has 2 unspecified atom stereocenters. The van der Waals surface area contributed by atoms with E-state index in [0.717, 1.165) is 54.0 Å². The van der Waals surface area contributed by atoms with Gasteiger partial charge in [-0.3, -0.25) is 9.48 Å². The van der Waals surface area contributed by atoms with E-state index in [4.69, 9.17) is 9.15 Å². The fraction of sp³-hybridized carbons (Fsp3) is 0.429. The molecule has 0 radical (unpaired) electrons. The Morgan fingerprint density at radius 1 is 1.43 bits per heavy atom. The van der Waals surface area contributed by atoms with Gasteiger partial charge in [-0.05, 0) is 57.5 Å². The number of nitrogens with one attached hydrogen (secondary N) is 2. The molecule has 3 aromatic rings. The zero-order chi connectivity index (χ0) is 19.7.